The monoisotopic (exact) mass is 880 g/mol. The number of methoxy groups -OCH3 is 6. The van der Waals surface area contributed by atoms with E-state index in [0.717, 1.165) is 66.3 Å². The summed E-state index contributed by atoms with van der Waals surface area (Å²) in [6.45, 7) is 0. The van der Waals surface area contributed by atoms with E-state index in [0.29, 0.717) is 0 Å². The molecule has 0 aliphatic rings. The number of hydrogen-bond acceptors (Lipinski definition) is 6. The first kappa shape index (κ1) is 42.0. The van der Waals surface area contributed by atoms with Gasteiger partial charge in [-0.2, -0.15) is 0 Å². The number of hydrogen-bond donors (Lipinski definition) is 0. The van der Waals surface area contributed by atoms with Crippen LogP contribution in [0.3, 0.4) is 0 Å². The van der Waals surface area contributed by atoms with Crippen LogP contribution < -0.4 is 60.2 Å². The minimum atomic E-state index is -0.901. The first-order chi connectivity index (χ1) is 26.0. The van der Waals surface area contributed by atoms with Gasteiger partial charge in [-0.15, -0.1) is 0 Å². The molecular weight excluding hydrogens is 840 g/mol. The second kappa shape index (κ2) is 22.4. The molecule has 0 unspecified atom stereocenters. The Kier molecular flexibility index (Phi) is 17.8. The maximum atomic E-state index is 5.65. The van der Waals surface area contributed by atoms with Crippen molar-refractivity contribution in [3.8, 4) is 34.5 Å². The van der Waals surface area contributed by atoms with Crippen molar-refractivity contribution in [3.63, 3.8) is 0 Å². The molecule has 6 rings (SSSR count). The van der Waals surface area contributed by atoms with Crippen molar-refractivity contribution in [1.29, 1.82) is 0 Å². The van der Waals surface area contributed by atoms with Crippen molar-refractivity contribution in [3.05, 3.63) is 146 Å². The van der Waals surface area contributed by atoms with E-state index >= 15 is 0 Å². The van der Waals surface area contributed by atoms with Gasteiger partial charge < -0.3 is 28.4 Å². The molecule has 0 aromatic heterocycles. The van der Waals surface area contributed by atoms with Crippen LogP contribution in [0.4, 0.5) is 0 Å². The van der Waals surface area contributed by atoms with E-state index in [4.69, 9.17) is 47.5 Å². The van der Waals surface area contributed by atoms with E-state index in [1.807, 2.05) is 109 Å². The van der Waals surface area contributed by atoms with Crippen LogP contribution >= 0.6 is 34.9 Å². The van der Waals surface area contributed by atoms with Gasteiger partial charge in [0.05, 0.1) is 42.7 Å². The predicted octanol–water partition coefficient (Wildman–Crippen LogP) is 8.32. The number of rotatable bonds is 12. The second-order valence-electron chi connectivity index (χ2n) is 10.7. The van der Waals surface area contributed by atoms with Crippen molar-refractivity contribution in [1.82, 2.24) is 0 Å². The van der Waals surface area contributed by atoms with Crippen molar-refractivity contribution in [2.75, 3.05) is 42.7 Å². The molecule has 11 heteroatoms. The summed E-state index contributed by atoms with van der Waals surface area (Å²) in [6.07, 6.45) is 0. The molecule has 0 N–H and O–H groups in total. The van der Waals surface area contributed by atoms with Crippen LogP contribution in [0.1, 0.15) is 0 Å². The summed E-state index contributed by atoms with van der Waals surface area (Å²) in [5.74, 6) is 5.20. The van der Waals surface area contributed by atoms with Crippen molar-refractivity contribution in [2.45, 2.75) is 0 Å². The van der Waals surface area contributed by atoms with Gasteiger partial charge in [-0.25, -0.2) is 0 Å². The van der Waals surface area contributed by atoms with Gasteiger partial charge in [0, 0.05) is 31.8 Å². The Hall–Kier alpha value is -3.78. The van der Waals surface area contributed by atoms with Crippen LogP contribution in [0, 0.1) is 0 Å². The zero-order valence-corrected chi connectivity index (χ0v) is 35.1. The van der Waals surface area contributed by atoms with Crippen LogP contribution in [0.2, 0.25) is 0 Å². The number of halogens is 2. The zero-order valence-electron chi connectivity index (χ0n) is 30.3. The van der Waals surface area contributed by atoms with E-state index in [1.54, 1.807) is 42.7 Å². The molecule has 0 radical (unpaired) electrons. The Balaban J connectivity index is 0.000000220. The van der Waals surface area contributed by atoms with Crippen molar-refractivity contribution >= 4 is 66.7 Å². The fourth-order valence-electron chi connectivity index (χ4n) is 5.67. The molecule has 53 heavy (non-hydrogen) atoms. The van der Waals surface area contributed by atoms with Gasteiger partial charge in [0.15, 0.2) is 0 Å². The molecule has 0 amide bonds. The molecule has 0 atom stereocenters. The van der Waals surface area contributed by atoms with Crippen LogP contribution in [-0.4, -0.2) is 42.7 Å². The Labute approximate surface area is 331 Å². The average molecular weight is 882 g/mol. The Morgan fingerprint density at radius 2 is 0.434 bits per heavy atom. The molecule has 0 fully saturated rings. The SMILES string of the molecule is COc1ccccc1P(c1ccccc1OC)c1ccccc1OC.COc1ccccc1P(c1ccccc1OC)c1ccccc1OC.[Cl][Pd][Cl]. The summed E-state index contributed by atoms with van der Waals surface area (Å²) in [5.41, 5.74) is 0. The fourth-order valence-corrected chi connectivity index (χ4v) is 11.0. The van der Waals surface area contributed by atoms with Gasteiger partial charge in [0.1, 0.15) is 34.5 Å². The Morgan fingerprint density at radius 3 is 0.566 bits per heavy atom. The van der Waals surface area contributed by atoms with E-state index in [2.05, 4.69) is 36.4 Å². The number of benzene rings is 6. The molecule has 0 saturated carbocycles. The van der Waals surface area contributed by atoms with Crippen molar-refractivity contribution in [2.24, 2.45) is 0 Å². The van der Waals surface area contributed by atoms with E-state index in [1.165, 1.54) is 0 Å². The van der Waals surface area contributed by atoms with Gasteiger partial charge in [-0.1, -0.05) is 109 Å². The molecular formula is C42H42Cl2O6P2Pd. The summed E-state index contributed by atoms with van der Waals surface area (Å²) in [5, 5.41) is 6.80. The summed E-state index contributed by atoms with van der Waals surface area (Å²) in [4.78, 5) is 0. The molecule has 0 saturated heterocycles. The Bertz CT molecular complexity index is 1650. The van der Waals surface area contributed by atoms with Gasteiger partial charge in [-0.05, 0) is 52.2 Å². The first-order valence-electron chi connectivity index (χ1n) is 16.2. The van der Waals surface area contributed by atoms with Crippen LogP contribution in [-0.2, 0) is 15.9 Å². The molecule has 0 bridgehead atoms. The zero-order chi connectivity index (χ0) is 38.0. The van der Waals surface area contributed by atoms with Gasteiger partial charge in [-0.3, -0.25) is 0 Å². The first-order valence-corrected chi connectivity index (χ1v) is 22.9. The second-order valence-corrected chi connectivity index (χ2v) is 17.3. The standard InChI is InChI=1S/2C21H21O3P.2ClH.Pd/c2*1-22-16-10-4-7-13-19(16)25(20-14-8-5-11-17(20)23-2)21-15-9-6-12-18(21)24-3;;;/h2*4-15H,1-3H3;2*1H;/q;;;;+2/p-2. The Morgan fingerprint density at radius 1 is 0.302 bits per heavy atom. The van der Waals surface area contributed by atoms with E-state index in [-0.39, 0.29) is 15.9 Å². The summed E-state index contributed by atoms with van der Waals surface area (Å²) in [6, 6.07) is 48.8. The summed E-state index contributed by atoms with van der Waals surface area (Å²) < 4.78 is 33.9. The third-order valence-corrected chi connectivity index (χ3v) is 13.1. The van der Waals surface area contributed by atoms with E-state index in [9.17, 15) is 0 Å². The van der Waals surface area contributed by atoms with Crippen LogP contribution in [0.25, 0.3) is 0 Å². The van der Waals surface area contributed by atoms with E-state index < -0.39 is 15.8 Å². The molecule has 6 aromatic rings. The molecule has 0 aliphatic carbocycles. The topological polar surface area (TPSA) is 55.4 Å². The normalized spacial score (nSPS) is 10.4. The molecule has 6 aromatic carbocycles. The molecule has 0 heterocycles. The van der Waals surface area contributed by atoms with Crippen LogP contribution in [0.5, 0.6) is 34.5 Å². The minimum absolute atomic E-state index is 0.106. The molecule has 6 nitrogen and oxygen atoms in total. The number of ether oxygens (including phenoxy) is 6. The molecule has 0 spiro atoms. The third kappa shape index (κ3) is 10.7. The molecule has 280 valence electrons. The van der Waals surface area contributed by atoms with Gasteiger partial charge in [0.25, 0.3) is 0 Å². The summed E-state index contributed by atoms with van der Waals surface area (Å²) >= 11 is -0.106. The average Bonchev–Trinajstić information content (AvgIpc) is 3.22. The third-order valence-electron chi connectivity index (χ3n) is 7.96. The predicted molar refractivity (Wildman–Crippen MR) is 221 cm³/mol. The fraction of sp³-hybridized carbons (Fsp3) is 0.143. The molecule has 0 aliphatic heterocycles. The number of para-hydroxylation sites is 6. The maximum absolute atomic E-state index is 5.65. The van der Waals surface area contributed by atoms with Crippen LogP contribution in [0.15, 0.2) is 146 Å². The van der Waals surface area contributed by atoms with Gasteiger partial charge >= 0.3 is 35.0 Å². The summed E-state index contributed by atoms with van der Waals surface area (Å²) in [7, 11) is 18.1. The van der Waals surface area contributed by atoms with Gasteiger partial charge in [0.2, 0.25) is 0 Å². The van der Waals surface area contributed by atoms with Crippen molar-refractivity contribution < 1.29 is 44.4 Å². The quantitative estimate of drug-likeness (QED) is 0.0912.